The van der Waals surface area contributed by atoms with Crippen molar-refractivity contribution in [2.24, 2.45) is 0 Å². The zero-order chi connectivity index (χ0) is 22.8. The van der Waals surface area contributed by atoms with Gasteiger partial charge in [0.1, 0.15) is 0 Å². The van der Waals surface area contributed by atoms with Gasteiger partial charge >= 0.3 is 0 Å². The summed E-state index contributed by atoms with van der Waals surface area (Å²) in [5, 5.41) is 9.27. The van der Waals surface area contributed by atoms with Crippen LogP contribution in [0, 0.1) is 11.3 Å². The quantitative estimate of drug-likeness (QED) is 0.707. The van der Waals surface area contributed by atoms with E-state index in [-0.39, 0.29) is 11.2 Å². The molecule has 0 N–H and O–H groups in total. The zero-order valence-corrected chi connectivity index (χ0v) is 19.3. The minimum atomic E-state index is -3.18. The van der Waals surface area contributed by atoms with Gasteiger partial charge in [0.15, 0.2) is 5.78 Å². The summed E-state index contributed by atoms with van der Waals surface area (Å²) in [4.78, 5) is 15.7. The maximum absolute atomic E-state index is 13.5. The first-order valence-corrected chi connectivity index (χ1v) is 12.6. The Kier molecular flexibility index (Phi) is 4.59. The number of piperazine rings is 1. The van der Waals surface area contributed by atoms with E-state index in [2.05, 4.69) is 30.9 Å². The number of anilines is 1. The van der Waals surface area contributed by atoms with Gasteiger partial charge in [0.25, 0.3) is 0 Å². The molecule has 0 unspecified atom stereocenters. The maximum Gasteiger partial charge on any atom is 0.211 e. The number of rotatable bonds is 2. The lowest BCUT2D eigenvalue weighted by atomic mass is 9.68. The highest BCUT2D eigenvalue weighted by Crippen LogP contribution is 2.50. The molecular weight excluding hydrogens is 422 g/mol. The van der Waals surface area contributed by atoms with E-state index in [9.17, 15) is 18.5 Å². The van der Waals surface area contributed by atoms with Crippen LogP contribution in [-0.4, -0.2) is 50.9 Å². The number of benzene rings is 2. The number of carbonyl (C=O) groups is 1. The van der Waals surface area contributed by atoms with E-state index in [0.717, 1.165) is 39.1 Å². The summed E-state index contributed by atoms with van der Waals surface area (Å²) >= 11 is 0. The van der Waals surface area contributed by atoms with Crippen LogP contribution in [0.3, 0.4) is 0 Å². The second-order valence-corrected chi connectivity index (χ2v) is 11.3. The number of nitriles is 1. The number of Topliss-reactive ketones (excluding diaryl/α,β-unsaturated/α-hetero) is 1. The summed E-state index contributed by atoms with van der Waals surface area (Å²) in [7, 11) is -3.18. The topological polar surface area (TPSA) is 81.5 Å². The van der Waals surface area contributed by atoms with Crippen molar-refractivity contribution < 1.29 is 13.2 Å². The van der Waals surface area contributed by atoms with Crippen LogP contribution >= 0.6 is 0 Å². The molecule has 0 spiro atoms. The van der Waals surface area contributed by atoms with Crippen molar-refractivity contribution in [2.75, 3.05) is 37.3 Å². The number of hydrogen-bond acceptors (Lipinski definition) is 5. The molecule has 0 bridgehead atoms. The summed E-state index contributed by atoms with van der Waals surface area (Å²) in [5.41, 5.74) is 6.93. The van der Waals surface area contributed by atoms with Gasteiger partial charge in [0.2, 0.25) is 10.0 Å². The van der Waals surface area contributed by atoms with Crippen LogP contribution in [0.4, 0.5) is 5.69 Å². The minimum absolute atomic E-state index is 0.0474. The Balaban J connectivity index is 1.50. The lowest BCUT2D eigenvalue weighted by Crippen LogP contribution is -2.48. The van der Waals surface area contributed by atoms with Gasteiger partial charge in [-0.15, -0.1) is 0 Å². The van der Waals surface area contributed by atoms with E-state index >= 15 is 0 Å². The van der Waals surface area contributed by atoms with Crippen LogP contribution in [0.15, 0.2) is 42.0 Å². The molecule has 32 heavy (non-hydrogen) atoms. The normalized spacial score (nSPS) is 19.9. The molecule has 1 heterocycles. The molecular formula is C25H25N3O3S. The lowest BCUT2D eigenvalue weighted by molar-refractivity contribution is 0.105. The van der Waals surface area contributed by atoms with Gasteiger partial charge < -0.3 is 4.90 Å². The summed E-state index contributed by atoms with van der Waals surface area (Å²) in [6.45, 7) is 6.49. The molecule has 6 nitrogen and oxygen atoms in total. The lowest BCUT2D eigenvalue weighted by Gasteiger charge is -2.38. The van der Waals surface area contributed by atoms with Gasteiger partial charge in [-0.05, 0) is 59.0 Å². The summed E-state index contributed by atoms with van der Waals surface area (Å²) in [6.07, 6.45) is 1.93. The number of allylic oxidation sites excluding steroid dienone is 2. The Hall–Kier alpha value is -2.95. The van der Waals surface area contributed by atoms with Crippen LogP contribution < -0.4 is 4.90 Å². The Labute approximate surface area is 188 Å². The summed E-state index contributed by atoms with van der Waals surface area (Å²) in [5.74, 6) is 0.0474. The Morgan fingerprint density at radius 3 is 2.34 bits per heavy atom. The van der Waals surface area contributed by atoms with Gasteiger partial charge in [-0.3, -0.25) is 4.79 Å². The number of carbonyl (C=O) groups excluding carboxylic acids is 1. The fourth-order valence-electron chi connectivity index (χ4n) is 5.31. The number of hydrogen-bond donors (Lipinski definition) is 0. The molecule has 2 aliphatic carbocycles. The van der Waals surface area contributed by atoms with Crippen molar-refractivity contribution in [3.05, 3.63) is 69.8 Å². The molecule has 3 aliphatic rings. The van der Waals surface area contributed by atoms with Crippen molar-refractivity contribution >= 4 is 27.1 Å². The predicted octanol–water partition coefficient (Wildman–Crippen LogP) is 3.12. The van der Waals surface area contributed by atoms with Gasteiger partial charge in [0.05, 0.1) is 17.9 Å². The average Bonchev–Trinajstić information content (AvgIpc) is 3.17. The Bertz CT molecular complexity index is 1340. The van der Waals surface area contributed by atoms with E-state index < -0.39 is 10.0 Å². The van der Waals surface area contributed by atoms with E-state index in [1.54, 1.807) is 6.07 Å². The molecule has 0 amide bonds. The average molecular weight is 448 g/mol. The van der Waals surface area contributed by atoms with E-state index in [1.165, 1.54) is 10.6 Å². The fourth-order valence-corrected chi connectivity index (χ4v) is 6.13. The molecule has 2 aromatic rings. The van der Waals surface area contributed by atoms with Crippen LogP contribution in [-0.2, 0) is 21.9 Å². The van der Waals surface area contributed by atoms with Gasteiger partial charge in [-0.2, -0.15) is 9.57 Å². The van der Waals surface area contributed by atoms with Crippen molar-refractivity contribution in [1.29, 1.82) is 5.26 Å². The molecule has 7 heteroatoms. The SMILES string of the molecule is CC1(C)C2=C(C(=O)c3ccc(N4CCN(S(C)(=O)=O)CC4)cc31)c1ccc(C#N)cc1C2. The van der Waals surface area contributed by atoms with Crippen molar-refractivity contribution in [3.63, 3.8) is 0 Å². The molecule has 1 fully saturated rings. The minimum Gasteiger partial charge on any atom is -0.369 e. The van der Waals surface area contributed by atoms with Crippen LogP contribution in [0.5, 0.6) is 0 Å². The molecule has 5 rings (SSSR count). The first kappa shape index (κ1) is 20.9. The molecule has 0 aromatic heterocycles. The van der Waals surface area contributed by atoms with Crippen molar-refractivity contribution in [3.8, 4) is 6.07 Å². The zero-order valence-electron chi connectivity index (χ0n) is 18.5. The van der Waals surface area contributed by atoms with E-state index in [0.29, 0.717) is 38.2 Å². The number of nitrogens with zero attached hydrogens (tertiary/aromatic N) is 3. The highest BCUT2D eigenvalue weighted by atomic mass is 32.2. The first-order valence-electron chi connectivity index (χ1n) is 10.8. The van der Waals surface area contributed by atoms with Gasteiger partial charge in [0, 0.05) is 48.4 Å². The molecule has 1 aliphatic heterocycles. The Morgan fingerprint density at radius 1 is 1.00 bits per heavy atom. The van der Waals surface area contributed by atoms with Crippen molar-refractivity contribution in [2.45, 2.75) is 25.7 Å². The Morgan fingerprint density at radius 2 is 1.69 bits per heavy atom. The predicted molar refractivity (Wildman–Crippen MR) is 124 cm³/mol. The molecule has 164 valence electrons. The summed E-state index contributed by atoms with van der Waals surface area (Å²) < 4.78 is 25.2. The molecule has 0 radical (unpaired) electrons. The van der Waals surface area contributed by atoms with Crippen LogP contribution in [0.1, 0.15) is 46.5 Å². The standard InChI is InChI=1S/C25H25N3O3S/c1-25(2)21-14-18(27-8-10-28(11-9-27)32(3,30)31)5-7-20(21)24(29)23-19-6-4-16(15-26)12-17(19)13-22(23)25/h4-7,12,14H,8-11,13H2,1-3H3. The third kappa shape index (κ3) is 3.09. The largest absolute Gasteiger partial charge is 0.369 e. The van der Waals surface area contributed by atoms with E-state index in [1.807, 2.05) is 24.3 Å². The molecule has 2 aromatic carbocycles. The number of sulfonamides is 1. The van der Waals surface area contributed by atoms with Gasteiger partial charge in [-0.25, -0.2) is 8.42 Å². The highest BCUT2D eigenvalue weighted by Gasteiger charge is 2.43. The third-order valence-corrected chi connectivity index (χ3v) is 8.45. The highest BCUT2D eigenvalue weighted by molar-refractivity contribution is 7.88. The fraction of sp³-hybridized carbons (Fsp3) is 0.360. The van der Waals surface area contributed by atoms with Crippen LogP contribution in [0.25, 0.3) is 5.57 Å². The van der Waals surface area contributed by atoms with Crippen molar-refractivity contribution in [1.82, 2.24) is 4.31 Å². The smallest absolute Gasteiger partial charge is 0.211 e. The van der Waals surface area contributed by atoms with Crippen LogP contribution in [0.2, 0.25) is 0 Å². The molecule has 0 saturated carbocycles. The van der Waals surface area contributed by atoms with E-state index in [4.69, 9.17) is 0 Å². The number of ketones is 1. The second kappa shape index (κ2) is 7.03. The third-order valence-electron chi connectivity index (χ3n) is 7.15. The number of fused-ring (bicyclic) bond motifs is 3. The maximum atomic E-state index is 13.5. The van der Waals surface area contributed by atoms with Gasteiger partial charge in [-0.1, -0.05) is 19.9 Å². The molecule has 0 atom stereocenters. The summed E-state index contributed by atoms with van der Waals surface area (Å²) in [6, 6.07) is 13.8. The monoisotopic (exact) mass is 447 g/mol. The molecule has 1 saturated heterocycles. The first-order chi connectivity index (χ1) is 15.1. The second-order valence-electron chi connectivity index (χ2n) is 9.35.